The van der Waals surface area contributed by atoms with Gasteiger partial charge in [-0.2, -0.15) is 0 Å². The fourth-order valence-corrected chi connectivity index (χ4v) is 4.24. The number of hydrogen-bond donors (Lipinski definition) is 1. The normalized spacial score (nSPS) is 29.6. The van der Waals surface area contributed by atoms with Gasteiger partial charge in [0.15, 0.2) is 0 Å². The lowest BCUT2D eigenvalue weighted by Crippen LogP contribution is -2.60. The number of rotatable bonds is 4. The van der Waals surface area contributed by atoms with Crippen molar-refractivity contribution >= 4 is 5.69 Å². The summed E-state index contributed by atoms with van der Waals surface area (Å²) in [6.45, 7) is 6.08. The van der Waals surface area contributed by atoms with Crippen LogP contribution >= 0.6 is 0 Å². The highest BCUT2D eigenvalue weighted by Gasteiger charge is 2.51. The zero-order valence-electron chi connectivity index (χ0n) is 12.2. The number of benzene rings is 1. The minimum absolute atomic E-state index is 0.0169. The molecule has 0 bridgehead atoms. The summed E-state index contributed by atoms with van der Waals surface area (Å²) in [4.78, 5) is 4.99. The molecule has 20 heavy (non-hydrogen) atoms. The lowest BCUT2D eigenvalue weighted by molar-refractivity contribution is 0.257. The van der Waals surface area contributed by atoms with E-state index >= 15 is 0 Å². The van der Waals surface area contributed by atoms with Crippen LogP contribution in [0.15, 0.2) is 24.3 Å². The van der Waals surface area contributed by atoms with Crippen LogP contribution in [0.4, 0.5) is 10.1 Å². The molecular weight excluding hydrogens is 253 g/mol. The molecule has 1 aromatic carbocycles. The molecule has 0 saturated carbocycles. The van der Waals surface area contributed by atoms with E-state index in [-0.39, 0.29) is 11.4 Å². The molecule has 2 heterocycles. The van der Waals surface area contributed by atoms with Crippen LogP contribution < -0.4 is 10.6 Å². The van der Waals surface area contributed by atoms with E-state index in [9.17, 15) is 4.39 Å². The molecule has 2 unspecified atom stereocenters. The van der Waals surface area contributed by atoms with Crippen LogP contribution in [0.2, 0.25) is 0 Å². The molecule has 0 amide bonds. The topological polar surface area (TPSA) is 32.5 Å². The highest BCUT2D eigenvalue weighted by molar-refractivity contribution is 5.50. The first kappa shape index (κ1) is 13.8. The third kappa shape index (κ3) is 2.02. The van der Waals surface area contributed by atoms with E-state index in [2.05, 4.69) is 16.7 Å². The van der Waals surface area contributed by atoms with E-state index in [1.807, 2.05) is 12.1 Å². The lowest BCUT2D eigenvalue weighted by Gasteiger charge is -2.45. The molecule has 2 aliphatic rings. The van der Waals surface area contributed by atoms with Gasteiger partial charge in [0.1, 0.15) is 5.82 Å². The van der Waals surface area contributed by atoms with E-state index in [0.29, 0.717) is 12.6 Å². The van der Waals surface area contributed by atoms with Crippen molar-refractivity contribution in [3.8, 4) is 0 Å². The van der Waals surface area contributed by atoms with Crippen molar-refractivity contribution in [2.45, 2.75) is 37.8 Å². The van der Waals surface area contributed by atoms with Crippen molar-refractivity contribution in [1.29, 1.82) is 0 Å². The maximum absolute atomic E-state index is 13.2. The van der Waals surface area contributed by atoms with Crippen molar-refractivity contribution < 1.29 is 4.39 Å². The van der Waals surface area contributed by atoms with Crippen LogP contribution in [0.1, 0.15) is 26.2 Å². The summed E-state index contributed by atoms with van der Waals surface area (Å²) < 4.78 is 13.2. The Bertz CT molecular complexity index is 461. The smallest absolute Gasteiger partial charge is 0.123 e. The molecule has 4 heteroatoms. The van der Waals surface area contributed by atoms with Gasteiger partial charge in [0, 0.05) is 31.4 Å². The van der Waals surface area contributed by atoms with Gasteiger partial charge < -0.3 is 10.6 Å². The Kier molecular flexibility index (Phi) is 3.69. The second-order valence-corrected chi connectivity index (χ2v) is 5.97. The van der Waals surface area contributed by atoms with Gasteiger partial charge in [0.2, 0.25) is 0 Å². The molecule has 2 aliphatic heterocycles. The molecule has 2 atom stereocenters. The first-order valence-corrected chi connectivity index (χ1v) is 7.68. The Morgan fingerprint density at radius 1 is 1.35 bits per heavy atom. The number of nitrogens with two attached hydrogens (primary N) is 1. The zero-order valence-corrected chi connectivity index (χ0v) is 12.2. The lowest BCUT2D eigenvalue weighted by atomic mass is 9.86. The van der Waals surface area contributed by atoms with Crippen LogP contribution in [-0.4, -0.2) is 42.7 Å². The first-order valence-electron chi connectivity index (χ1n) is 7.68. The van der Waals surface area contributed by atoms with Crippen molar-refractivity contribution in [3.05, 3.63) is 30.1 Å². The Labute approximate surface area is 120 Å². The highest BCUT2D eigenvalue weighted by Crippen LogP contribution is 2.41. The molecule has 0 aliphatic carbocycles. The van der Waals surface area contributed by atoms with Gasteiger partial charge in [0.05, 0.1) is 5.54 Å². The molecule has 2 saturated heterocycles. The average Bonchev–Trinajstić information content (AvgIpc) is 3.05. The molecule has 1 aromatic rings. The minimum Gasteiger partial charge on any atom is -0.363 e. The Balaban J connectivity index is 1.95. The maximum atomic E-state index is 13.2. The number of nitrogens with zero attached hydrogens (tertiary/aromatic N) is 2. The molecule has 0 aromatic heterocycles. The fraction of sp³-hybridized carbons (Fsp3) is 0.625. The third-order valence-corrected chi connectivity index (χ3v) is 5.16. The molecule has 3 nitrogen and oxygen atoms in total. The van der Waals surface area contributed by atoms with Crippen molar-refractivity contribution in [3.63, 3.8) is 0 Å². The molecule has 110 valence electrons. The van der Waals surface area contributed by atoms with E-state index in [4.69, 9.17) is 5.73 Å². The summed E-state index contributed by atoms with van der Waals surface area (Å²) in [5.41, 5.74) is 7.33. The summed E-state index contributed by atoms with van der Waals surface area (Å²) in [6, 6.07) is 7.41. The van der Waals surface area contributed by atoms with Gasteiger partial charge in [-0.05, 0) is 57.0 Å². The van der Waals surface area contributed by atoms with E-state index in [1.165, 1.54) is 19.4 Å². The zero-order chi connectivity index (χ0) is 14.2. The molecule has 2 fully saturated rings. The molecular formula is C16H24FN3. The molecule has 2 N–H and O–H groups in total. The largest absolute Gasteiger partial charge is 0.363 e. The van der Waals surface area contributed by atoms with Crippen molar-refractivity contribution in [2.24, 2.45) is 5.73 Å². The summed E-state index contributed by atoms with van der Waals surface area (Å²) >= 11 is 0. The predicted octanol–water partition coefficient (Wildman–Crippen LogP) is 2.22. The number of halogens is 1. The van der Waals surface area contributed by atoms with Crippen molar-refractivity contribution in [2.75, 3.05) is 31.1 Å². The summed E-state index contributed by atoms with van der Waals surface area (Å²) in [5, 5.41) is 0. The number of hydrogen-bond acceptors (Lipinski definition) is 3. The average molecular weight is 277 g/mol. The molecule has 0 spiro atoms. The fourth-order valence-electron chi connectivity index (χ4n) is 4.24. The standard InChI is InChI=1S/C16H24FN3/c1-2-20(14-7-5-13(17)6-8-14)16(12-18)9-11-19-10-3-4-15(16)19/h5-8,15H,2-4,9-12,18H2,1H3. The summed E-state index contributed by atoms with van der Waals surface area (Å²) in [6.07, 6.45) is 3.61. The molecule has 0 radical (unpaired) electrons. The maximum Gasteiger partial charge on any atom is 0.123 e. The van der Waals surface area contributed by atoms with E-state index in [1.54, 1.807) is 12.1 Å². The minimum atomic E-state index is -0.180. The Hall–Kier alpha value is -1.13. The van der Waals surface area contributed by atoms with Gasteiger partial charge in [-0.15, -0.1) is 0 Å². The van der Waals surface area contributed by atoms with Gasteiger partial charge >= 0.3 is 0 Å². The highest BCUT2D eigenvalue weighted by atomic mass is 19.1. The van der Waals surface area contributed by atoms with Crippen LogP contribution in [0.3, 0.4) is 0 Å². The SMILES string of the molecule is CCN(c1ccc(F)cc1)C1(CN)CCN2CCCC21. The van der Waals surface area contributed by atoms with E-state index < -0.39 is 0 Å². The van der Waals surface area contributed by atoms with Gasteiger partial charge in [-0.25, -0.2) is 4.39 Å². The number of likely N-dealkylation sites (N-methyl/N-ethyl adjacent to an activating group) is 1. The second-order valence-electron chi connectivity index (χ2n) is 5.97. The first-order chi connectivity index (χ1) is 9.71. The summed E-state index contributed by atoms with van der Waals surface area (Å²) in [7, 11) is 0. The third-order valence-electron chi connectivity index (χ3n) is 5.16. The number of anilines is 1. The number of fused-ring (bicyclic) bond motifs is 1. The van der Waals surface area contributed by atoms with Crippen molar-refractivity contribution in [1.82, 2.24) is 4.90 Å². The van der Waals surface area contributed by atoms with Crippen LogP contribution in [0.25, 0.3) is 0 Å². The monoisotopic (exact) mass is 277 g/mol. The second kappa shape index (κ2) is 5.34. The van der Waals surface area contributed by atoms with Crippen LogP contribution in [-0.2, 0) is 0 Å². The van der Waals surface area contributed by atoms with Crippen LogP contribution in [0, 0.1) is 5.82 Å². The summed E-state index contributed by atoms with van der Waals surface area (Å²) in [5.74, 6) is -0.180. The Morgan fingerprint density at radius 2 is 2.10 bits per heavy atom. The van der Waals surface area contributed by atoms with Gasteiger partial charge in [0.25, 0.3) is 0 Å². The van der Waals surface area contributed by atoms with Crippen LogP contribution in [0.5, 0.6) is 0 Å². The Morgan fingerprint density at radius 3 is 2.75 bits per heavy atom. The van der Waals surface area contributed by atoms with Gasteiger partial charge in [-0.3, -0.25) is 4.90 Å². The van der Waals surface area contributed by atoms with Gasteiger partial charge in [-0.1, -0.05) is 0 Å². The predicted molar refractivity (Wildman–Crippen MR) is 80.4 cm³/mol. The quantitative estimate of drug-likeness (QED) is 0.916. The molecule has 3 rings (SSSR count). The van der Waals surface area contributed by atoms with E-state index in [0.717, 1.165) is 25.2 Å².